The molecule has 0 aliphatic heterocycles. The summed E-state index contributed by atoms with van der Waals surface area (Å²) in [5.41, 5.74) is 2.58. The minimum absolute atomic E-state index is 0.135. The van der Waals surface area contributed by atoms with Crippen molar-refractivity contribution in [3.8, 4) is 6.07 Å². The summed E-state index contributed by atoms with van der Waals surface area (Å²) in [6.07, 6.45) is 5.30. The van der Waals surface area contributed by atoms with Gasteiger partial charge >= 0.3 is 0 Å². The van der Waals surface area contributed by atoms with E-state index in [1.54, 1.807) is 47.2 Å². The van der Waals surface area contributed by atoms with Crippen LogP contribution in [0.4, 0.5) is 0 Å². The standard InChI is InChI=1S/C25H20ClN5O2/c1-3-12-30-23(28-21(32)11-8-17-6-9-19(26)10-7-17)18(15-27)14-20-24(30)29-22-16(2)5-4-13-31(22)25(20)33/h4-11,13-14H,3,12H2,1-2H3. The van der Waals surface area contributed by atoms with Crippen LogP contribution in [0.1, 0.15) is 30.0 Å². The first kappa shape index (κ1) is 22.2. The van der Waals surface area contributed by atoms with Gasteiger partial charge in [0.05, 0.1) is 10.9 Å². The summed E-state index contributed by atoms with van der Waals surface area (Å²) in [7, 11) is 0. The first-order chi connectivity index (χ1) is 15.9. The van der Waals surface area contributed by atoms with Crippen molar-refractivity contribution in [2.75, 3.05) is 0 Å². The molecule has 7 nitrogen and oxygen atoms in total. The molecule has 33 heavy (non-hydrogen) atoms. The number of halogens is 1. The van der Waals surface area contributed by atoms with E-state index in [1.165, 1.54) is 16.5 Å². The molecule has 3 aromatic heterocycles. The van der Waals surface area contributed by atoms with E-state index in [-0.39, 0.29) is 16.6 Å². The Hall–Kier alpha value is -4.02. The lowest BCUT2D eigenvalue weighted by atomic mass is 10.2. The predicted molar refractivity (Wildman–Crippen MR) is 128 cm³/mol. The van der Waals surface area contributed by atoms with E-state index in [9.17, 15) is 14.9 Å². The van der Waals surface area contributed by atoms with E-state index in [1.807, 2.05) is 19.9 Å². The van der Waals surface area contributed by atoms with Gasteiger partial charge in [0, 0.05) is 23.8 Å². The Morgan fingerprint density at radius 1 is 1.24 bits per heavy atom. The van der Waals surface area contributed by atoms with Crippen LogP contribution in [0.5, 0.6) is 0 Å². The van der Waals surface area contributed by atoms with Crippen LogP contribution in [-0.4, -0.2) is 19.9 Å². The van der Waals surface area contributed by atoms with Gasteiger partial charge in [-0.3, -0.25) is 14.0 Å². The number of carbonyl (C=O) groups is 1. The van der Waals surface area contributed by atoms with Crippen LogP contribution >= 0.6 is 11.6 Å². The van der Waals surface area contributed by atoms with Gasteiger partial charge in [-0.2, -0.15) is 10.3 Å². The maximum atomic E-state index is 13.2. The molecule has 0 radical (unpaired) electrons. The molecule has 0 fully saturated rings. The van der Waals surface area contributed by atoms with E-state index in [4.69, 9.17) is 16.6 Å². The van der Waals surface area contributed by atoms with Crippen molar-refractivity contribution in [3.05, 3.63) is 92.3 Å². The molecule has 0 aliphatic rings. The van der Waals surface area contributed by atoms with Crippen LogP contribution < -0.4 is 11.0 Å². The number of fused-ring (bicyclic) bond motifs is 2. The van der Waals surface area contributed by atoms with Crippen LogP contribution in [-0.2, 0) is 11.3 Å². The summed E-state index contributed by atoms with van der Waals surface area (Å²) in [6.45, 7) is 4.27. The summed E-state index contributed by atoms with van der Waals surface area (Å²) < 4.78 is 3.14. The lowest BCUT2D eigenvalue weighted by Gasteiger charge is -2.13. The molecule has 3 heterocycles. The third-order valence-electron chi connectivity index (χ3n) is 5.18. The third-order valence-corrected chi connectivity index (χ3v) is 5.43. The molecule has 1 amide bonds. The van der Waals surface area contributed by atoms with Gasteiger partial charge in [0.1, 0.15) is 17.4 Å². The number of nitrogens with zero attached hydrogens (tertiary/aromatic N) is 5. The Bertz CT molecular complexity index is 1590. The number of amides is 1. The molecule has 0 atom stereocenters. The number of aryl methyl sites for hydroxylation is 2. The smallest absolute Gasteiger partial charge is 0.271 e. The Balaban J connectivity index is 1.96. The quantitative estimate of drug-likeness (QED) is 0.341. The van der Waals surface area contributed by atoms with Crippen LogP contribution in [0, 0.1) is 18.3 Å². The van der Waals surface area contributed by atoms with E-state index < -0.39 is 5.91 Å². The number of nitriles is 1. The minimum atomic E-state index is -0.528. The van der Waals surface area contributed by atoms with Crippen molar-refractivity contribution >= 4 is 40.3 Å². The highest BCUT2D eigenvalue weighted by molar-refractivity contribution is 6.30. The molecule has 0 saturated carbocycles. The lowest BCUT2D eigenvalue weighted by molar-refractivity contribution is -0.113. The lowest BCUT2D eigenvalue weighted by Crippen LogP contribution is -2.29. The largest absolute Gasteiger partial charge is 0.309 e. The van der Waals surface area contributed by atoms with E-state index in [0.29, 0.717) is 34.7 Å². The van der Waals surface area contributed by atoms with Gasteiger partial charge in [0.25, 0.3) is 11.5 Å². The molecule has 0 N–H and O–H groups in total. The Morgan fingerprint density at radius 3 is 2.70 bits per heavy atom. The van der Waals surface area contributed by atoms with Crippen LogP contribution in [0.2, 0.25) is 5.02 Å². The zero-order chi connectivity index (χ0) is 23.5. The molecule has 4 aromatic rings. The number of rotatable bonds is 4. The monoisotopic (exact) mass is 457 g/mol. The SMILES string of the molecule is CCCn1c(=NC(=O)C=Cc2ccc(Cl)cc2)c(C#N)cc2c(=O)n3cccc(C)c3nc21. The average Bonchev–Trinajstić information content (AvgIpc) is 2.81. The highest BCUT2D eigenvalue weighted by Gasteiger charge is 2.15. The Labute approximate surface area is 194 Å². The van der Waals surface area contributed by atoms with Crippen molar-refractivity contribution in [2.45, 2.75) is 26.8 Å². The molecule has 0 unspecified atom stereocenters. The summed E-state index contributed by atoms with van der Waals surface area (Å²) in [6, 6.07) is 14.2. The number of pyridine rings is 2. The molecule has 0 saturated heterocycles. The zero-order valence-electron chi connectivity index (χ0n) is 18.1. The summed E-state index contributed by atoms with van der Waals surface area (Å²) >= 11 is 5.89. The third kappa shape index (κ3) is 4.34. The van der Waals surface area contributed by atoms with Crippen LogP contribution in [0.25, 0.3) is 22.8 Å². The second-order valence-corrected chi connectivity index (χ2v) is 7.96. The fourth-order valence-electron chi connectivity index (χ4n) is 3.61. The van der Waals surface area contributed by atoms with Gasteiger partial charge in [0.2, 0.25) is 0 Å². The van der Waals surface area contributed by atoms with E-state index in [2.05, 4.69) is 11.1 Å². The summed E-state index contributed by atoms with van der Waals surface area (Å²) in [5.74, 6) is -0.528. The highest BCUT2D eigenvalue weighted by Crippen LogP contribution is 2.13. The average molecular weight is 458 g/mol. The normalized spacial score (nSPS) is 12.0. The first-order valence-electron chi connectivity index (χ1n) is 10.4. The fourth-order valence-corrected chi connectivity index (χ4v) is 3.73. The molecule has 0 bridgehead atoms. The summed E-state index contributed by atoms with van der Waals surface area (Å²) in [4.78, 5) is 34.7. The van der Waals surface area contributed by atoms with Gasteiger partial charge in [0.15, 0.2) is 5.49 Å². The molecule has 0 aliphatic carbocycles. The van der Waals surface area contributed by atoms with Crippen molar-refractivity contribution in [3.63, 3.8) is 0 Å². The molecule has 8 heteroatoms. The summed E-state index contributed by atoms with van der Waals surface area (Å²) in [5, 5.41) is 10.7. The second kappa shape index (κ2) is 9.23. The second-order valence-electron chi connectivity index (χ2n) is 7.52. The Kier molecular flexibility index (Phi) is 6.20. The maximum absolute atomic E-state index is 13.2. The number of carbonyl (C=O) groups excluding carboxylic acids is 1. The van der Waals surface area contributed by atoms with Gasteiger partial charge in [-0.1, -0.05) is 36.7 Å². The molecular formula is C25H20ClN5O2. The number of hydrogen-bond acceptors (Lipinski definition) is 4. The molecule has 0 spiro atoms. The maximum Gasteiger partial charge on any atom is 0.271 e. The highest BCUT2D eigenvalue weighted by atomic mass is 35.5. The van der Waals surface area contributed by atoms with Crippen LogP contribution in [0.15, 0.2) is 64.5 Å². The topological polar surface area (TPSA) is 92.5 Å². The number of aromatic nitrogens is 3. The number of benzene rings is 1. The van der Waals surface area contributed by atoms with Crippen molar-refractivity contribution in [1.82, 2.24) is 14.0 Å². The Morgan fingerprint density at radius 2 is 2.00 bits per heavy atom. The van der Waals surface area contributed by atoms with Crippen LogP contribution in [0.3, 0.4) is 0 Å². The number of hydrogen-bond donors (Lipinski definition) is 0. The molecule has 1 aromatic carbocycles. The van der Waals surface area contributed by atoms with Gasteiger partial charge in [-0.25, -0.2) is 4.98 Å². The van der Waals surface area contributed by atoms with Crippen molar-refractivity contribution in [2.24, 2.45) is 4.99 Å². The fraction of sp³-hybridized carbons (Fsp3) is 0.160. The zero-order valence-corrected chi connectivity index (χ0v) is 18.9. The van der Waals surface area contributed by atoms with Gasteiger partial charge in [-0.05, 0) is 54.8 Å². The van der Waals surface area contributed by atoms with E-state index in [0.717, 1.165) is 11.1 Å². The predicted octanol–water partition coefficient (Wildman–Crippen LogP) is 4.03. The minimum Gasteiger partial charge on any atom is -0.309 e. The first-order valence-corrected chi connectivity index (χ1v) is 10.8. The van der Waals surface area contributed by atoms with Crippen molar-refractivity contribution in [1.29, 1.82) is 5.26 Å². The van der Waals surface area contributed by atoms with E-state index >= 15 is 0 Å². The van der Waals surface area contributed by atoms with Crippen molar-refractivity contribution < 1.29 is 4.79 Å². The molecular weight excluding hydrogens is 438 g/mol. The van der Waals surface area contributed by atoms with Gasteiger partial charge in [-0.15, -0.1) is 0 Å². The molecule has 4 rings (SSSR count). The molecule has 164 valence electrons. The van der Waals surface area contributed by atoms with Gasteiger partial charge < -0.3 is 4.57 Å².